The number of benzene rings is 2. The molecule has 5 rings (SSSR count). The van der Waals surface area contributed by atoms with Crippen molar-refractivity contribution in [2.24, 2.45) is 11.1 Å². The summed E-state index contributed by atoms with van der Waals surface area (Å²) < 4.78 is 36.3. The van der Waals surface area contributed by atoms with Crippen molar-refractivity contribution in [2.75, 3.05) is 18.5 Å². The summed E-state index contributed by atoms with van der Waals surface area (Å²) >= 11 is 0. The molecule has 0 bridgehead atoms. The number of nitrogens with two attached hydrogens (primary N) is 1. The first-order valence-corrected chi connectivity index (χ1v) is 11.0. The van der Waals surface area contributed by atoms with E-state index in [1.807, 2.05) is 13.8 Å². The lowest BCUT2D eigenvalue weighted by atomic mass is 9.80. The van der Waals surface area contributed by atoms with Gasteiger partial charge in [-0.15, -0.1) is 0 Å². The van der Waals surface area contributed by atoms with Crippen LogP contribution in [0.4, 0.5) is 14.5 Å². The molecule has 8 heteroatoms. The van der Waals surface area contributed by atoms with E-state index in [4.69, 9.17) is 10.5 Å². The van der Waals surface area contributed by atoms with E-state index in [0.717, 1.165) is 6.42 Å². The molecule has 0 aliphatic carbocycles. The Labute approximate surface area is 189 Å². The Hall–Kier alpha value is -3.26. The van der Waals surface area contributed by atoms with Crippen molar-refractivity contribution in [3.63, 3.8) is 0 Å². The molecule has 3 aromatic rings. The number of amides is 1. The van der Waals surface area contributed by atoms with Crippen LogP contribution in [0.1, 0.15) is 47.5 Å². The largest absolute Gasteiger partial charge is 0.379 e. The number of carbonyl (C=O) groups excluding carboxylic acids is 2. The van der Waals surface area contributed by atoms with E-state index in [9.17, 15) is 14.0 Å². The van der Waals surface area contributed by atoms with E-state index < -0.39 is 17.5 Å². The molecule has 33 heavy (non-hydrogen) atoms. The summed E-state index contributed by atoms with van der Waals surface area (Å²) in [6, 6.07) is 7.16. The Morgan fingerprint density at radius 2 is 2.00 bits per heavy atom. The van der Waals surface area contributed by atoms with Crippen LogP contribution in [-0.2, 0) is 11.2 Å². The number of primary amides is 1. The first-order chi connectivity index (χ1) is 15.6. The van der Waals surface area contributed by atoms with Crippen LogP contribution in [0.5, 0.6) is 0 Å². The van der Waals surface area contributed by atoms with Gasteiger partial charge in [0, 0.05) is 29.7 Å². The molecular formula is C25H25F2N3O3. The molecule has 172 valence electrons. The number of nitrogens with zero attached hydrogens (tertiary/aromatic N) is 1. The minimum Gasteiger partial charge on any atom is -0.379 e. The van der Waals surface area contributed by atoms with Gasteiger partial charge in [0.2, 0.25) is 5.91 Å². The normalized spacial score (nSPS) is 19.6. The predicted octanol–water partition coefficient (Wildman–Crippen LogP) is 4.50. The van der Waals surface area contributed by atoms with E-state index in [0.29, 0.717) is 53.8 Å². The zero-order valence-corrected chi connectivity index (χ0v) is 18.5. The Balaban J connectivity index is 1.77. The van der Waals surface area contributed by atoms with Gasteiger partial charge in [0.15, 0.2) is 0 Å². The van der Waals surface area contributed by atoms with Gasteiger partial charge in [-0.25, -0.2) is 8.78 Å². The molecule has 0 radical (unpaired) electrons. The average Bonchev–Trinajstić information content (AvgIpc) is 3.31. The highest BCUT2D eigenvalue weighted by Crippen LogP contribution is 2.44. The van der Waals surface area contributed by atoms with Crippen molar-refractivity contribution in [3.05, 3.63) is 53.2 Å². The number of carbonyl (C=O) groups is 2. The van der Waals surface area contributed by atoms with Gasteiger partial charge in [0.1, 0.15) is 11.6 Å². The van der Waals surface area contributed by atoms with Crippen molar-refractivity contribution in [1.82, 2.24) is 4.57 Å². The molecule has 2 aliphatic rings. The summed E-state index contributed by atoms with van der Waals surface area (Å²) in [5.74, 6) is -2.20. The third kappa shape index (κ3) is 3.68. The molecule has 1 amide bonds. The van der Waals surface area contributed by atoms with E-state index in [-0.39, 0.29) is 28.6 Å². The Morgan fingerprint density at radius 1 is 1.21 bits per heavy atom. The standard InChI is InChI=1S/C25H25F2N3O3/c1-25(2)10-20-22(16-4-3-14(26)9-19(16)30(20)21(31)11-25)13-7-17(27)23(24(28)32)18(8-13)29-15-5-6-33-12-15/h3-4,7-9,15,29H,5-6,10-12H2,1-2H3,(H2,28,32). The van der Waals surface area contributed by atoms with Gasteiger partial charge in [0.05, 0.1) is 29.4 Å². The van der Waals surface area contributed by atoms with Gasteiger partial charge in [-0.2, -0.15) is 0 Å². The van der Waals surface area contributed by atoms with Crippen molar-refractivity contribution in [3.8, 4) is 11.1 Å². The SMILES string of the molecule is CC1(C)CC(=O)n2c(c(-c3cc(F)c(C(N)=O)c(NC4CCOC4)c3)c3ccc(F)cc32)C1. The van der Waals surface area contributed by atoms with Crippen LogP contribution in [0.15, 0.2) is 30.3 Å². The van der Waals surface area contributed by atoms with Gasteiger partial charge >= 0.3 is 0 Å². The monoisotopic (exact) mass is 453 g/mol. The second-order valence-corrected chi connectivity index (χ2v) is 9.68. The smallest absolute Gasteiger partial charge is 0.253 e. The topological polar surface area (TPSA) is 86.4 Å². The lowest BCUT2D eigenvalue weighted by molar-refractivity contribution is 0.0816. The highest BCUT2D eigenvalue weighted by molar-refractivity contribution is 6.06. The van der Waals surface area contributed by atoms with Crippen LogP contribution in [-0.4, -0.2) is 35.6 Å². The summed E-state index contributed by atoms with van der Waals surface area (Å²) in [5, 5.41) is 3.85. The van der Waals surface area contributed by atoms with Crippen molar-refractivity contribution in [2.45, 2.75) is 39.2 Å². The minimum atomic E-state index is -0.873. The number of hydrogen-bond donors (Lipinski definition) is 2. The zero-order valence-electron chi connectivity index (χ0n) is 18.5. The molecule has 2 aliphatic heterocycles. The first kappa shape index (κ1) is 21.6. The first-order valence-electron chi connectivity index (χ1n) is 11.0. The molecule has 1 fully saturated rings. The molecule has 1 unspecified atom stereocenters. The lowest BCUT2D eigenvalue weighted by Crippen LogP contribution is -2.31. The molecule has 0 spiro atoms. The summed E-state index contributed by atoms with van der Waals surface area (Å²) in [6.07, 6.45) is 1.60. The van der Waals surface area contributed by atoms with Crippen molar-refractivity contribution < 1.29 is 23.1 Å². The molecule has 1 atom stereocenters. The van der Waals surface area contributed by atoms with E-state index in [2.05, 4.69) is 5.32 Å². The lowest BCUT2D eigenvalue weighted by Gasteiger charge is -2.30. The summed E-state index contributed by atoms with van der Waals surface area (Å²) in [4.78, 5) is 25.1. The average molecular weight is 453 g/mol. The fraction of sp³-hybridized carbons (Fsp3) is 0.360. The fourth-order valence-corrected chi connectivity index (χ4v) is 5.08. The second kappa shape index (κ2) is 7.66. The Morgan fingerprint density at radius 3 is 2.70 bits per heavy atom. The summed E-state index contributed by atoms with van der Waals surface area (Å²) in [5.41, 5.74) is 7.57. The maximum absolute atomic E-state index is 15.2. The Bertz CT molecular complexity index is 1310. The predicted molar refractivity (Wildman–Crippen MR) is 121 cm³/mol. The van der Waals surface area contributed by atoms with Crippen LogP contribution in [0.25, 0.3) is 22.0 Å². The second-order valence-electron chi connectivity index (χ2n) is 9.68. The van der Waals surface area contributed by atoms with Crippen molar-refractivity contribution >= 4 is 28.4 Å². The highest BCUT2D eigenvalue weighted by Gasteiger charge is 2.35. The van der Waals surface area contributed by atoms with Crippen LogP contribution in [0, 0.1) is 17.0 Å². The number of fused-ring (bicyclic) bond motifs is 3. The van der Waals surface area contributed by atoms with Gasteiger partial charge in [-0.3, -0.25) is 14.2 Å². The molecular weight excluding hydrogens is 428 g/mol. The van der Waals surface area contributed by atoms with Gasteiger partial charge < -0.3 is 15.8 Å². The van der Waals surface area contributed by atoms with Crippen LogP contribution in [0.3, 0.4) is 0 Å². The zero-order chi connectivity index (χ0) is 23.5. The number of ether oxygens (including phenoxy) is 1. The Kier molecular flexibility index (Phi) is 5.01. The maximum Gasteiger partial charge on any atom is 0.253 e. The van der Waals surface area contributed by atoms with Crippen LogP contribution in [0.2, 0.25) is 0 Å². The minimum absolute atomic E-state index is 0.0768. The molecule has 1 saturated heterocycles. The number of nitrogens with one attached hydrogen (secondary N) is 1. The molecule has 0 saturated carbocycles. The summed E-state index contributed by atoms with van der Waals surface area (Å²) in [7, 11) is 0. The summed E-state index contributed by atoms with van der Waals surface area (Å²) in [6.45, 7) is 5.02. The van der Waals surface area contributed by atoms with E-state index in [1.165, 1.54) is 18.2 Å². The third-order valence-electron chi connectivity index (χ3n) is 6.47. The number of anilines is 1. The number of rotatable bonds is 4. The third-order valence-corrected chi connectivity index (χ3v) is 6.47. The van der Waals surface area contributed by atoms with Gasteiger partial charge in [-0.05, 0) is 54.2 Å². The quantitative estimate of drug-likeness (QED) is 0.609. The van der Waals surface area contributed by atoms with Crippen molar-refractivity contribution in [1.29, 1.82) is 0 Å². The van der Waals surface area contributed by atoms with E-state index >= 15 is 4.39 Å². The molecule has 3 heterocycles. The molecule has 2 aromatic carbocycles. The molecule has 1 aromatic heterocycles. The fourth-order valence-electron chi connectivity index (χ4n) is 5.08. The number of aromatic nitrogens is 1. The van der Waals surface area contributed by atoms with E-state index in [1.54, 1.807) is 16.7 Å². The van der Waals surface area contributed by atoms with Crippen LogP contribution >= 0.6 is 0 Å². The number of halogens is 2. The molecule has 6 nitrogen and oxygen atoms in total. The molecule has 3 N–H and O–H groups in total. The van der Waals surface area contributed by atoms with Gasteiger partial charge in [-0.1, -0.05) is 13.8 Å². The maximum atomic E-state index is 15.2. The van der Waals surface area contributed by atoms with Crippen LogP contribution < -0.4 is 11.1 Å². The highest BCUT2D eigenvalue weighted by atomic mass is 19.1. The van der Waals surface area contributed by atoms with Gasteiger partial charge in [0.25, 0.3) is 5.91 Å². The number of hydrogen-bond acceptors (Lipinski definition) is 4.